The van der Waals surface area contributed by atoms with Crippen molar-refractivity contribution < 1.29 is 27.5 Å². The summed E-state index contributed by atoms with van der Waals surface area (Å²) in [4.78, 5) is 29.6. The van der Waals surface area contributed by atoms with Gasteiger partial charge >= 0.3 is 0 Å². The minimum atomic E-state index is -4.29. The summed E-state index contributed by atoms with van der Waals surface area (Å²) in [6.07, 6.45) is 0.240. The summed E-state index contributed by atoms with van der Waals surface area (Å²) in [5.41, 5.74) is 2.86. The number of aryl methyl sites for hydroxylation is 1. The molecule has 0 saturated heterocycles. The van der Waals surface area contributed by atoms with Crippen molar-refractivity contribution in [2.75, 3.05) is 31.6 Å². The monoisotopic (exact) mass is 629 g/mol. The van der Waals surface area contributed by atoms with Gasteiger partial charge in [-0.15, -0.1) is 0 Å². The van der Waals surface area contributed by atoms with Gasteiger partial charge in [-0.2, -0.15) is 0 Å². The highest BCUT2D eigenvalue weighted by Crippen LogP contribution is 2.33. The molecule has 1 unspecified atom stereocenters. The van der Waals surface area contributed by atoms with Gasteiger partial charge in [0.25, 0.3) is 10.0 Å². The standard InChI is InChI=1S/C35H39N3O6S/c1-5-36-35(40)32(23-27-13-7-6-8-14-27)37(24-28-15-11-12-26(2)22-28)34(39)25-38(31-16-9-10-17-33(31)44-4)45(41,42)30-20-18-29(43-3)19-21-30/h6-22,32H,5,23-25H2,1-4H3,(H,36,40). The minimum Gasteiger partial charge on any atom is -0.497 e. The third-order valence-corrected chi connectivity index (χ3v) is 9.11. The van der Waals surface area contributed by atoms with Crippen LogP contribution in [0.3, 0.4) is 0 Å². The summed E-state index contributed by atoms with van der Waals surface area (Å²) in [5, 5.41) is 2.87. The van der Waals surface area contributed by atoms with Crippen LogP contribution >= 0.6 is 0 Å². The van der Waals surface area contributed by atoms with Crippen LogP contribution in [0, 0.1) is 6.92 Å². The number of ether oxygens (including phenoxy) is 2. The molecule has 0 aromatic heterocycles. The van der Waals surface area contributed by atoms with Crippen molar-refractivity contribution >= 4 is 27.5 Å². The molecule has 0 aliphatic rings. The molecular formula is C35H39N3O6S. The molecule has 4 aromatic rings. The topological polar surface area (TPSA) is 105 Å². The molecule has 236 valence electrons. The first-order chi connectivity index (χ1) is 21.7. The second-order valence-corrected chi connectivity index (χ2v) is 12.3. The summed E-state index contributed by atoms with van der Waals surface area (Å²) in [6, 6.07) is 28.8. The lowest BCUT2D eigenvalue weighted by Crippen LogP contribution is -2.53. The van der Waals surface area contributed by atoms with E-state index in [1.54, 1.807) is 36.4 Å². The number of carbonyl (C=O) groups excluding carboxylic acids is 2. The summed E-state index contributed by atoms with van der Waals surface area (Å²) in [5.74, 6) is -0.114. The molecule has 0 heterocycles. The van der Waals surface area contributed by atoms with Crippen molar-refractivity contribution in [3.8, 4) is 11.5 Å². The van der Waals surface area contributed by atoms with Crippen LogP contribution in [-0.2, 0) is 32.6 Å². The number of likely N-dealkylation sites (N-methyl/N-ethyl adjacent to an activating group) is 1. The van der Waals surface area contributed by atoms with Gasteiger partial charge in [0, 0.05) is 19.5 Å². The Balaban J connectivity index is 1.82. The molecule has 4 aromatic carbocycles. The van der Waals surface area contributed by atoms with Crippen LogP contribution in [0.2, 0.25) is 0 Å². The zero-order valence-corrected chi connectivity index (χ0v) is 26.8. The highest BCUT2D eigenvalue weighted by atomic mass is 32.2. The molecule has 0 fully saturated rings. The maximum atomic E-state index is 14.5. The van der Waals surface area contributed by atoms with Crippen molar-refractivity contribution in [3.05, 3.63) is 120 Å². The molecule has 0 bridgehead atoms. The van der Waals surface area contributed by atoms with Gasteiger partial charge in [0.15, 0.2) is 0 Å². The number of para-hydroxylation sites is 2. The van der Waals surface area contributed by atoms with Crippen LogP contribution in [0.25, 0.3) is 0 Å². The van der Waals surface area contributed by atoms with Gasteiger partial charge in [0.1, 0.15) is 24.1 Å². The summed E-state index contributed by atoms with van der Waals surface area (Å²) < 4.78 is 40.3. The number of nitrogens with one attached hydrogen (secondary N) is 1. The fraction of sp³-hybridized carbons (Fsp3) is 0.257. The fourth-order valence-electron chi connectivity index (χ4n) is 5.08. The van der Waals surface area contributed by atoms with Gasteiger partial charge in [0.2, 0.25) is 11.8 Å². The lowest BCUT2D eigenvalue weighted by atomic mass is 10.0. The van der Waals surface area contributed by atoms with Gasteiger partial charge in [-0.25, -0.2) is 8.42 Å². The number of amides is 2. The molecule has 0 spiro atoms. The Morgan fingerprint density at radius 1 is 0.822 bits per heavy atom. The van der Waals surface area contributed by atoms with E-state index in [4.69, 9.17) is 9.47 Å². The van der Waals surface area contributed by atoms with E-state index in [-0.39, 0.29) is 35.2 Å². The Hall–Kier alpha value is -4.83. The van der Waals surface area contributed by atoms with E-state index in [0.29, 0.717) is 12.3 Å². The van der Waals surface area contributed by atoms with Crippen LogP contribution < -0.4 is 19.1 Å². The fourth-order valence-corrected chi connectivity index (χ4v) is 6.50. The highest BCUT2D eigenvalue weighted by Gasteiger charge is 2.35. The normalized spacial score (nSPS) is 11.7. The number of nitrogens with zero attached hydrogens (tertiary/aromatic N) is 2. The van der Waals surface area contributed by atoms with Crippen LogP contribution in [0.1, 0.15) is 23.6 Å². The van der Waals surface area contributed by atoms with E-state index in [1.807, 2.05) is 68.4 Å². The summed E-state index contributed by atoms with van der Waals surface area (Å²) in [7, 11) is -1.35. The lowest BCUT2D eigenvalue weighted by molar-refractivity contribution is -0.140. The number of sulfonamides is 1. The third kappa shape index (κ3) is 8.21. The first-order valence-electron chi connectivity index (χ1n) is 14.6. The quantitative estimate of drug-likeness (QED) is 0.211. The van der Waals surface area contributed by atoms with E-state index < -0.39 is 28.5 Å². The Morgan fingerprint density at radius 3 is 2.13 bits per heavy atom. The number of carbonyl (C=O) groups is 2. The molecule has 4 rings (SSSR count). The molecule has 0 saturated carbocycles. The van der Waals surface area contributed by atoms with E-state index in [9.17, 15) is 18.0 Å². The number of rotatable bonds is 14. The zero-order chi connectivity index (χ0) is 32.4. The van der Waals surface area contributed by atoms with Crippen molar-refractivity contribution in [1.82, 2.24) is 10.2 Å². The first-order valence-corrected chi connectivity index (χ1v) is 16.1. The number of anilines is 1. The van der Waals surface area contributed by atoms with Crippen molar-refractivity contribution in [2.24, 2.45) is 0 Å². The second kappa shape index (κ2) is 15.3. The highest BCUT2D eigenvalue weighted by molar-refractivity contribution is 7.92. The molecule has 10 heteroatoms. The molecule has 0 aliphatic heterocycles. The molecular weight excluding hydrogens is 590 g/mol. The molecule has 1 N–H and O–H groups in total. The molecule has 45 heavy (non-hydrogen) atoms. The Kier molecular flexibility index (Phi) is 11.2. The van der Waals surface area contributed by atoms with E-state index in [1.165, 1.54) is 31.3 Å². The van der Waals surface area contributed by atoms with Gasteiger partial charge in [-0.1, -0.05) is 72.3 Å². The van der Waals surface area contributed by atoms with Crippen molar-refractivity contribution in [1.29, 1.82) is 0 Å². The van der Waals surface area contributed by atoms with Gasteiger partial charge in [-0.3, -0.25) is 13.9 Å². The molecule has 9 nitrogen and oxygen atoms in total. The number of benzene rings is 4. The number of hydrogen-bond donors (Lipinski definition) is 1. The van der Waals surface area contributed by atoms with Crippen LogP contribution in [0.15, 0.2) is 108 Å². The Morgan fingerprint density at radius 2 is 1.49 bits per heavy atom. The summed E-state index contributed by atoms with van der Waals surface area (Å²) >= 11 is 0. The lowest BCUT2D eigenvalue weighted by Gasteiger charge is -2.34. The molecule has 2 amide bonds. The Bertz CT molecular complexity index is 1690. The number of hydrogen-bond acceptors (Lipinski definition) is 6. The molecule has 0 aliphatic carbocycles. The van der Waals surface area contributed by atoms with Crippen LogP contribution in [0.4, 0.5) is 5.69 Å². The van der Waals surface area contributed by atoms with Crippen molar-refractivity contribution in [3.63, 3.8) is 0 Å². The average Bonchev–Trinajstić information content (AvgIpc) is 3.05. The van der Waals surface area contributed by atoms with E-state index in [2.05, 4.69) is 5.32 Å². The predicted molar refractivity (Wildman–Crippen MR) is 175 cm³/mol. The second-order valence-electron chi connectivity index (χ2n) is 10.5. The third-order valence-electron chi connectivity index (χ3n) is 7.34. The Labute approximate surface area is 265 Å². The largest absolute Gasteiger partial charge is 0.497 e. The number of methoxy groups -OCH3 is 2. The van der Waals surface area contributed by atoms with E-state index >= 15 is 0 Å². The first kappa shape index (κ1) is 33.1. The summed E-state index contributed by atoms with van der Waals surface area (Å²) in [6.45, 7) is 3.65. The minimum absolute atomic E-state index is 0.0307. The molecule has 0 radical (unpaired) electrons. The van der Waals surface area contributed by atoms with Crippen LogP contribution in [0.5, 0.6) is 11.5 Å². The molecule has 1 atom stereocenters. The zero-order valence-electron chi connectivity index (χ0n) is 26.0. The smallest absolute Gasteiger partial charge is 0.264 e. The SMILES string of the molecule is CCNC(=O)C(Cc1ccccc1)N(Cc1cccc(C)c1)C(=O)CN(c1ccccc1OC)S(=O)(=O)c1ccc(OC)cc1. The predicted octanol–water partition coefficient (Wildman–Crippen LogP) is 4.98. The van der Waals surface area contributed by atoms with E-state index in [0.717, 1.165) is 21.0 Å². The maximum Gasteiger partial charge on any atom is 0.264 e. The van der Waals surface area contributed by atoms with Gasteiger partial charge < -0.3 is 19.7 Å². The van der Waals surface area contributed by atoms with Crippen molar-refractivity contribution in [2.45, 2.75) is 37.8 Å². The maximum absolute atomic E-state index is 14.5. The van der Waals surface area contributed by atoms with Gasteiger partial charge in [0.05, 0.1) is 24.8 Å². The average molecular weight is 630 g/mol. The van der Waals surface area contributed by atoms with Gasteiger partial charge in [-0.05, 0) is 61.4 Å². The van der Waals surface area contributed by atoms with Crippen LogP contribution in [-0.4, -0.2) is 58.5 Å².